The molecule has 3 nitrogen and oxygen atoms in total. The van der Waals surface area contributed by atoms with Crippen LogP contribution in [0.25, 0.3) is 0 Å². The smallest absolute Gasteiger partial charge is 0.311 e. The first kappa shape index (κ1) is 14.0. The summed E-state index contributed by atoms with van der Waals surface area (Å²) in [6, 6.07) is 1.18. The van der Waals surface area contributed by atoms with E-state index in [1.807, 2.05) is 0 Å². The van der Waals surface area contributed by atoms with Gasteiger partial charge in [-0.3, -0.25) is 4.79 Å². The van der Waals surface area contributed by atoms with Gasteiger partial charge < -0.3 is 4.74 Å². The molecule has 7 heteroatoms. The molecule has 0 fully saturated rings. The number of aromatic nitrogens is 1. The van der Waals surface area contributed by atoms with Crippen molar-refractivity contribution in [1.29, 1.82) is 0 Å². The Hall–Kier alpha value is -1.11. The Morgan fingerprint density at radius 1 is 1.59 bits per heavy atom. The third kappa shape index (κ3) is 3.69. The average Bonchev–Trinajstić information content (AvgIpc) is 2.23. The number of carbonyl (C=O) groups is 1. The zero-order chi connectivity index (χ0) is 13.0. The predicted molar refractivity (Wildman–Crippen MR) is 57.2 cm³/mol. The van der Waals surface area contributed by atoms with Crippen molar-refractivity contribution in [2.45, 2.75) is 19.8 Å². The molecule has 94 valence electrons. The van der Waals surface area contributed by atoms with Crippen molar-refractivity contribution in [2.75, 3.05) is 6.61 Å². The topological polar surface area (TPSA) is 39.2 Å². The van der Waals surface area contributed by atoms with Gasteiger partial charge in [-0.25, -0.2) is 18.2 Å². The van der Waals surface area contributed by atoms with Gasteiger partial charge in [-0.15, -0.1) is 0 Å². The Kier molecular flexibility index (Phi) is 4.92. The van der Waals surface area contributed by atoms with Gasteiger partial charge >= 0.3 is 5.97 Å². The number of ether oxygens (including phenoxy) is 1. The second kappa shape index (κ2) is 6.00. The minimum Gasteiger partial charge on any atom is -0.466 e. The summed E-state index contributed by atoms with van der Waals surface area (Å²) < 4.78 is 42.6. The molecule has 0 aliphatic heterocycles. The SMILES string of the molecule is CCOC(=O)Cc1cc(Br)c(F)c(C(F)F)n1. The van der Waals surface area contributed by atoms with E-state index in [2.05, 4.69) is 25.7 Å². The van der Waals surface area contributed by atoms with Gasteiger partial charge in [0.1, 0.15) is 5.69 Å². The number of carbonyl (C=O) groups excluding carboxylic acids is 1. The van der Waals surface area contributed by atoms with Crippen molar-refractivity contribution in [2.24, 2.45) is 0 Å². The third-order valence-electron chi connectivity index (χ3n) is 1.83. The van der Waals surface area contributed by atoms with E-state index < -0.39 is 23.9 Å². The zero-order valence-corrected chi connectivity index (χ0v) is 10.4. The fourth-order valence-electron chi connectivity index (χ4n) is 1.16. The molecule has 0 unspecified atom stereocenters. The van der Waals surface area contributed by atoms with Gasteiger partial charge in [0.15, 0.2) is 5.82 Å². The number of halogens is 4. The first-order valence-corrected chi connectivity index (χ1v) is 5.53. The van der Waals surface area contributed by atoms with Crippen LogP contribution in [-0.4, -0.2) is 17.6 Å². The minimum absolute atomic E-state index is 0.0343. The monoisotopic (exact) mass is 311 g/mol. The molecule has 1 heterocycles. The van der Waals surface area contributed by atoms with E-state index in [9.17, 15) is 18.0 Å². The molecule has 0 radical (unpaired) electrons. The molecule has 0 atom stereocenters. The first-order valence-electron chi connectivity index (χ1n) is 4.74. The summed E-state index contributed by atoms with van der Waals surface area (Å²) in [4.78, 5) is 14.5. The summed E-state index contributed by atoms with van der Waals surface area (Å²) in [5.41, 5.74) is -0.939. The van der Waals surface area contributed by atoms with E-state index in [-0.39, 0.29) is 23.2 Å². The van der Waals surface area contributed by atoms with E-state index in [0.717, 1.165) is 0 Å². The Morgan fingerprint density at radius 2 is 2.24 bits per heavy atom. The first-order chi connectivity index (χ1) is 7.95. The van der Waals surface area contributed by atoms with Crippen LogP contribution in [0.3, 0.4) is 0 Å². The molecule has 1 rings (SSSR count). The highest BCUT2D eigenvalue weighted by molar-refractivity contribution is 9.10. The molecule has 0 saturated heterocycles. The van der Waals surface area contributed by atoms with Gasteiger partial charge in [-0.1, -0.05) is 0 Å². The highest BCUT2D eigenvalue weighted by atomic mass is 79.9. The summed E-state index contributed by atoms with van der Waals surface area (Å²) in [6.45, 7) is 1.80. The summed E-state index contributed by atoms with van der Waals surface area (Å²) in [5, 5.41) is 0. The van der Waals surface area contributed by atoms with E-state index in [0.29, 0.717) is 0 Å². The van der Waals surface area contributed by atoms with Crippen LogP contribution in [0.15, 0.2) is 10.5 Å². The number of hydrogen-bond acceptors (Lipinski definition) is 3. The summed E-state index contributed by atoms with van der Waals surface area (Å²) in [6.07, 6.45) is -3.31. The summed E-state index contributed by atoms with van der Waals surface area (Å²) in [7, 11) is 0. The predicted octanol–water partition coefficient (Wildman–Crippen LogP) is 3.03. The van der Waals surface area contributed by atoms with Crippen molar-refractivity contribution in [3.8, 4) is 0 Å². The standard InChI is InChI=1S/C10H9BrF3NO2/c1-2-17-7(16)4-5-3-6(11)8(12)9(15-5)10(13)14/h3,10H,2,4H2,1H3. The molecule has 0 aliphatic rings. The summed E-state index contributed by atoms with van der Waals surface area (Å²) >= 11 is 2.79. The molecule has 0 bridgehead atoms. The van der Waals surface area contributed by atoms with Crippen LogP contribution in [0.2, 0.25) is 0 Å². The lowest BCUT2D eigenvalue weighted by Crippen LogP contribution is -2.10. The molecule has 1 aromatic heterocycles. The molecule has 0 spiro atoms. The van der Waals surface area contributed by atoms with Crippen molar-refractivity contribution >= 4 is 21.9 Å². The maximum atomic E-state index is 13.2. The molecule has 1 aromatic rings. The van der Waals surface area contributed by atoms with Crippen molar-refractivity contribution in [1.82, 2.24) is 4.98 Å². The number of alkyl halides is 2. The van der Waals surface area contributed by atoms with Gasteiger partial charge in [0, 0.05) is 0 Å². The van der Waals surface area contributed by atoms with Crippen LogP contribution in [0.4, 0.5) is 13.2 Å². The van der Waals surface area contributed by atoms with E-state index in [1.54, 1.807) is 6.92 Å². The van der Waals surface area contributed by atoms with E-state index in [4.69, 9.17) is 0 Å². The molecule has 0 N–H and O–H groups in total. The lowest BCUT2D eigenvalue weighted by atomic mass is 10.2. The molecule has 0 saturated carbocycles. The maximum Gasteiger partial charge on any atom is 0.311 e. The van der Waals surface area contributed by atoms with Gasteiger partial charge in [0.25, 0.3) is 6.43 Å². The fourth-order valence-corrected chi connectivity index (χ4v) is 1.63. The van der Waals surface area contributed by atoms with Crippen LogP contribution in [0.5, 0.6) is 0 Å². The number of pyridine rings is 1. The maximum absolute atomic E-state index is 13.2. The van der Waals surface area contributed by atoms with Crippen LogP contribution in [-0.2, 0) is 16.0 Å². The van der Waals surface area contributed by atoms with Gasteiger partial charge in [0.05, 0.1) is 23.2 Å². The van der Waals surface area contributed by atoms with Gasteiger partial charge in [-0.2, -0.15) is 0 Å². The normalized spacial score (nSPS) is 10.7. The average molecular weight is 312 g/mol. The van der Waals surface area contributed by atoms with Crippen molar-refractivity contribution < 1.29 is 22.7 Å². The molecule has 0 aliphatic carbocycles. The fraction of sp³-hybridized carbons (Fsp3) is 0.400. The number of esters is 1. The van der Waals surface area contributed by atoms with Gasteiger partial charge in [0.2, 0.25) is 0 Å². The van der Waals surface area contributed by atoms with Crippen LogP contribution in [0, 0.1) is 5.82 Å². The largest absolute Gasteiger partial charge is 0.466 e. The third-order valence-corrected chi connectivity index (χ3v) is 2.41. The minimum atomic E-state index is -3.03. The molecular formula is C10H9BrF3NO2. The molecular weight excluding hydrogens is 303 g/mol. The summed E-state index contributed by atoms with van der Waals surface area (Å²) in [5.74, 6) is -1.72. The molecule has 17 heavy (non-hydrogen) atoms. The van der Waals surface area contributed by atoms with E-state index in [1.165, 1.54) is 6.07 Å². The van der Waals surface area contributed by atoms with Crippen molar-refractivity contribution in [3.63, 3.8) is 0 Å². The van der Waals surface area contributed by atoms with Crippen LogP contribution in [0.1, 0.15) is 24.7 Å². The molecule has 0 aromatic carbocycles. The Labute approximate surface area is 104 Å². The lowest BCUT2D eigenvalue weighted by molar-refractivity contribution is -0.142. The number of nitrogens with zero attached hydrogens (tertiary/aromatic N) is 1. The molecule has 0 amide bonds. The van der Waals surface area contributed by atoms with Crippen LogP contribution >= 0.6 is 15.9 Å². The highest BCUT2D eigenvalue weighted by Gasteiger charge is 2.20. The quantitative estimate of drug-likeness (QED) is 0.802. The number of hydrogen-bond donors (Lipinski definition) is 0. The van der Waals surface area contributed by atoms with Crippen molar-refractivity contribution in [3.05, 3.63) is 27.7 Å². The Morgan fingerprint density at radius 3 is 2.76 bits per heavy atom. The highest BCUT2D eigenvalue weighted by Crippen LogP contribution is 2.26. The Bertz CT molecular complexity index is 426. The Balaban J connectivity index is 2.98. The van der Waals surface area contributed by atoms with E-state index >= 15 is 0 Å². The van der Waals surface area contributed by atoms with Crippen LogP contribution < -0.4 is 0 Å². The number of rotatable bonds is 4. The lowest BCUT2D eigenvalue weighted by Gasteiger charge is -2.07. The zero-order valence-electron chi connectivity index (χ0n) is 8.84. The second-order valence-electron chi connectivity index (χ2n) is 3.08. The second-order valence-corrected chi connectivity index (χ2v) is 3.93. The van der Waals surface area contributed by atoms with Gasteiger partial charge in [-0.05, 0) is 28.9 Å².